The molecule has 4 aromatic carbocycles. The zero-order valence-electron chi connectivity index (χ0n) is 22.2. The first-order chi connectivity index (χ1) is 19.5. The van der Waals surface area contributed by atoms with Crippen molar-refractivity contribution in [3.8, 4) is 34.3 Å². The van der Waals surface area contributed by atoms with E-state index < -0.39 is 5.97 Å². The second kappa shape index (κ2) is 11.6. The Kier molecular flexibility index (Phi) is 7.64. The van der Waals surface area contributed by atoms with Crippen molar-refractivity contribution in [2.24, 2.45) is 0 Å². The number of benzene rings is 4. The molecule has 0 aliphatic carbocycles. The second-order valence-electron chi connectivity index (χ2n) is 8.75. The summed E-state index contributed by atoms with van der Waals surface area (Å²) < 4.78 is 27.7. The van der Waals surface area contributed by atoms with Crippen LogP contribution in [0, 0.1) is 0 Å². The fourth-order valence-corrected chi connectivity index (χ4v) is 4.26. The molecule has 0 N–H and O–H groups in total. The number of carbonyl (C=O) groups is 2. The molecule has 5 aromatic rings. The number of ether oxygens (including phenoxy) is 4. The maximum absolute atomic E-state index is 13.4. The normalized spacial score (nSPS) is 11.0. The molecule has 7 nitrogen and oxygen atoms in total. The predicted molar refractivity (Wildman–Crippen MR) is 153 cm³/mol. The summed E-state index contributed by atoms with van der Waals surface area (Å²) in [5.41, 5.74) is 2.74. The molecule has 0 saturated heterocycles. The molecule has 0 bridgehead atoms. The van der Waals surface area contributed by atoms with Crippen LogP contribution in [0.2, 0.25) is 0 Å². The molecule has 0 spiro atoms. The van der Waals surface area contributed by atoms with E-state index >= 15 is 0 Å². The zero-order chi connectivity index (χ0) is 28.1. The fraction of sp³-hybridized carbons (Fsp3) is 0.0909. The number of carbonyl (C=O) groups excluding carboxylic acids is 2. The van der Waals surface area contributed by atoms with Crippen LogP contribution in [-0.4, -0.2) is 33.1 Å². The third kappa shape index (κ3) is 5.44. The van der Waals surface area contributed by atoms with Crippen LogP contribution in [0.3, 0.4) is 0 Å². The maximum Gasteiger partial charge on any atom is 0.348 e. The number of hydrogen-bond donors (Lipinski definition) is 0. The summed E-state index contributed by atoms with van der Waals surface area (Å²) in [6, 6.07) is 26.3. The minimum Gasteiger partial charge on any atom is -0.497 e. The number of fused-ring (bicyclic) bond motifs is 1. The van der Waals surface area contributed by atoms with E-state index in [4.69, 9.17) is 23.4 Å². The second-order valence-corrected chi connectivity index (χ2v) is 8.75. The standard InChI is InChI=1S/C33H26O7/c1-36-25-16-18-29-27(19-25)31(32(40-29)23-7-5-4-6-8-23)33(35)39-24-13-9-21(10-14-24)28(34)17-12-22-11-15-26(37-2)20-30(22)38-3/h4-20H,1-3H3. The molecular weight excluding hydrogens is 508 g/mol. The van der Waals surface area contributed by atoms with Crippen molar-refractivity contribution in [2.45, 2.75) is 0 Å². The number of methoxy groups -OCH3 is 3. The molecule has 0 aliphatic rings. The third-order valence-corrected chi connectivity index (χ3v) is 6.34. The van der Waals surface area contributed by atoms with Gasteiger partial charge in [-0.2, -0.15) is 0 Å². The molecular formula is C33H26O7. The SMILES string of the molecule is COc1ccc(C=CC(=O)c2ccc(OC(=O)c3c(-c4ccccc4)oc4ccc(OC)cc34)cc2)c(OC)c1. The summed E-state index contributed by atoms with van der Waals surface area (Å²) in [5.74, 6) is 1.73. The van der Waals surface area contributed by atoms with Crippen LogP contribution in [0.5, 0.6) is 23.0 Å². The van der Waals surface area contributed by atoms with Gasteiger partial charge in [0.05, 0.1) is 21.3 Å². The lowest BCUT2D eigenvalue weighted by Gasteiger charge is -2.07. The molecule has 7 heteroatoms. The largest absolute Gasteiger partial charge is 0.497 e. The van der Waals surface area contributed by atoms with Gasteiger partial charge in [-0.1, -0.05) is 30.3 Å². The van der Waals surface area contributed by atoms with Gasteiger partial charge in [0.2, 0.25) is 0 Å². The zero-order valence-corrected chi connectivity index (χ0v) is 22.2. The van der Waals surface area contributed by atoms with Crippen molar-refractivity contribution in [3.63, 3.8) is 0 Å². The molecule has 0 atom stereocenters. The fourth-order valence-electron chi connectivity index (χ4n) is 4.26. The number of allylic oxidation sites excluding steroid dienone is 1. The molecule has 0 unspecified atom stereocenters. The van der Waals surface area contributed by atoms with Gasteiger partial charge >= 0.3 is 5.97 Å². The van der Waals surface area contributed by atoms with Gasteiger partial charge in [0.15, 0.2) is 5.78 Å². The Bertz CT molecular complexity index is 1700. The number of furan rings is 1. The van der Waals surface area contributed by atoms with Crippen molar-refractivity contribution in [1.29, 1.82) is 0 Å². The van der Waals surface area contributed by atoms with Crippen molar-refractivity contribution in [3.05, 3.63) is 114 Å². The van der Waals surface area contributed by atoms with E-state index in [1.165, 1.54) is 6.08 Å². The minimum atomic E-state index is -0.587. The monoisotopic (exact) mass is 534 g/mol. The number of rotatable bonds is 9. The topological polar surface area (TPSA) is 84.2 Å². The molecule has 1 heterocycles. The quantitative estimate of drug-likeness (QED) is 0.0853. The molecule has 0 amide bonds. The number of ketones is 1. The van der Waals surface area contributed by atoms with Crippen molar-refractivity contribution < 1.29 is 33.0 Å². The van der Waals surface area contributed by atoms with Gasteiger partial charge in [-0.25, -0.2) is 4.79 Å². The Hall–Kier alpha value is -5.30. The van der Waals surface area contributed by atoms with Gasteiger partial charge < -0.3 is 23.4 Å². The summed E-state index contributed by atoms with van der Waals surface area (Å²) in [7, 11) is 4.69. The van der Waals surface area contributed by atoms with E-state index in [1.54, 1.807) is 82.0 Å². The minimum absolute atomic E-state index is 0.213. The average Bonchev–Trinajstić information content (AvgIpc) is 3.39. The molecule has 0 aliphatic heterocycles. The Labute approximate surface area is 231 Å². The smallest absolute Gasteiger partial charge is 0.348 e. The van der Waals surface area contributed by atoms with Crippen LogP contribution < -0.4 is 18.9 Å². The van der Waals surface area contributed by atoms with Gasteiger partial charge in [0.1, 0.15) is 39.9 Å². The van der Waals surface area contributed by atoms with Gasteiger partial charge in [0, 0.05) is 28.1 Å². The highest BCUT2D eigenvalue weighted by Crippen LogP contribution is 2.36. The first-order valence-corrected chi connectivity index (χ1v) is 12.4. The van der Waals surface area contributed by atoms with Crippen molar-refractivity contribution in [1.82, 2.24) is 0 Å². The van der Waals surface area contributed by atoms with Gasteiger partial charge in [-0.05, 0) is 66.7 Å². The van der Waals surface area contributed by atoms with E-state index in [1.807, 2.05) is 36.4 Å². The Morgan fingerprint density at radius 2 is 1.40 bits per heavy atom. The van der Waals surface area contributed by atoms with E-state index in [2.05, 4.69) is 0 Å². The van der Waals surface area contributed by atoms with Crippen LogP contribution in [0.1, 0.15) is 26.3 Å². The molecule has 5 rings (SSSR count). The van der Waals surface area contributed by atoms with E-state index in [9.17, 15) is 9.59 Å². The van der Waals surface area contributed by atoms with Crippen LogP contribution in [-0.2, 0) is 0 Å². The van der Waals surface area contributed by atoms with Crippen LogP contribution in [0.15, 0.2) is 101 Å². The molecule has 0 radical (unpaired) electrons. The summed E-state index contributed by atoms with van der Waals surface area (Å²) in [6.45, 7) is 0. The lowest BCUT2D eigenvalue weighted by molar-refractivity contribution is 0.0737. The number of esters is 1. The molecule has 0 fully saturated rings. The summed E-state index contributed by atoms with van der Waals surface area (Å²) in [5, 5.41) is 0.578. The van der Waals surface area contributed by atoms with Gasteiger partial charge in [-0.15, -0.1) is 0 Å². The third-order valence-electron chi connectivity index (χ3n) is 6.34. The van der Waals surface area contributed by atoms with E-state index in [-0.39, 0.29) is 11.3 Å². The lowest BCUT2D eigenvalue weighted by Crippen LogP contribution is -2.09. The molecule has 40 heavy (non-hydrogen) atoms. The number of hydrogen-bond acceptors (Lipinski definition) is 7. The van der Waals surface area contributed by atoms with Crippen molar-refractivity contribution in [2.75, 3.05) is 21.3 Å². The maximum atomic E-state index is 13.4. The molecule has 1 aromatic heterocycles. The first-order valence-electron chi connectivity index (χ1n) is 12.4. The average molecular weight is 535 g/mol. The summed E-state index contributed by atoms with van der Waals surface area (Å²) in [4.78, 5) is 26.2. The van der Waals surface area contributed by atoms with Gasteiger partial charge in [-0.3, -0.25) is 4.79 Å². The van der Waals surface area contributed by atoms with Crippen molar-refractivity contribution >= 4 is 28.8 Å². The highest BCUT2D eigenvalue weighted by molar-refractivity contribution is 6.10. The summed E-state index contributed by atoms with van der Waals surface area (Å²) >= 11 is 0. The Balaban J connectivity index is 1.37. The Morgan fingerprint density at radius 1 is 0.725 bits per heavy atom. The van der Waals surface area contributed by atoms with Gasteiger partial charge in [0.25, 0.3) is 0 Å². The van der Waals surface area contributed by atoms with Crippen LogP contribution in [0.4, 0.5) is 0 Å². The first kappa shape index (κ1) is 26.3. The van der Waals surface area contributed by atoms with E-state index in [0.29, 0.717) is 45.3 Å². The lowest BCUT2D eigenvalue weighted by atomic mass is 10.1. The Morgan fingerprint density at radius 3 is 2.10 bits per heavy atom. The highest BCUT2D eigenvalue weighted by atomic mass is 16.5. The predicted octanol–water partition coefficient (Wildman–Crippen LogP) is 7.24. The molecule has 200 valence electrons. The van der Waals surface area contributed by atoms with Crippen LogP contribution >= 0.6 is 0 Å². The van der Waals surface area contributed by atoms with E-state index in [0.717, 1.165) is 11.1 Å². The highest BCUT2D eigenvalue weighted by Gasteiger charge is 2.24. The van der Waals surface area contributed by atoms with Crippen LogP contribution in [0.25, 0.3) is 28.4 Å². The summed E-state index contributed by atoms with van der Waals surface area (Å²) in [6.07, 6.45) is 3.14. The molecule has 0 saturated carbocycles.